The van der Waals surface area contributed by atoms with Crippen molar-refractivity contribution in [3.8, 4) is 0 Å². The first-order chi connectivity index (χ1) is 13.6. The number of sulfonamides is 1. The number of halogens is 1. The molecule has 9 heteroatoms. The molecule has 2 aromatic carbocycles. The monoisotopic (exact) mass is 480 g/mol. The molecule has 3 rings (SSSR count). The largest absolute Gasteiger partial charge is 0.481 e. The lowest BCUT2D eigenvalue weighted by Crippen LogP contribution is -2.33. The molecule has 0 radical (unpaired) electrons. The number of nitrogens with one attached hydrogen (secondary N) is 1. The van der Waals surface area contributed by atoms with Gasteiger partial charge in [-0.15, -0.1) is 0 Å². The first-order valence-electron chi connectivity index (χ1n) is 9.01. The predicted molar refractivity (Wildman–Crippen MR) is 112 cm³/mol. The van der Waals surface area contributed by atoms with Gasteiger partial charge in [-0.2, -0.15) is 0 Å². The molecule has 1 aliphatic heterocycles. The van der Waals surface area contributed by atoms with E-state index in [0.717, 1.165) is 10.0 Å². The topological polar surface area (TPSA) is 104 Å². The van der Waals surface area contributed by atoms with Crippen LogP contribution in [0.2, 0.25) is 0 Å². The van der Waals surface area contributed by atoms with Gasteiger partial charge in [0.05, 0.1) is 17.4 Å². The minimum atomic E-state index is -3.97. The second-order valence-electron chi connectivity index (χ2n) is 7.06. The van der Waals surface area contributed by atoms with Gasteiger partial charge in [-0.1, -0.05) is 28.1 Å². The SMILES string of the molecule is CC(=O)N1c2ccc(S(=O)(=O)N[C@H](CC(=O)O)c3ccc(Br)cc3)cc2C[C@H]1C. The number of aliphatic carboxylic acids is 1. The van der Waals surface area contributed by atoms with E-state index in [4.69, 9.17) is 0 Å². The fourth-order valence-corrected chi connectivity index (χ4v) is 5.15. The number of rotatable bonds is 6. The van der Waals surface area contributed by atoms with Crippen LogP contribution in [0.3, 0.4) is 0 Å². The van der Waals surface area contributed by atoms with Crippen molar-refractivity contribution in [3.05, 3.63) is 58.1 Å². The molecular weight excluding hydrogens is 460 g/mol. The highest BCUT2D eigenvalue weighted by Crippen LogP contribution is 2.34. The van der Waals surface area contributed by atoms with E-state index in [1.54, 1.807) is 41.3 Å². The molecule has 1 amide bonds. The summed E-state index contributed by atoms with van der Waals surface area (Å²) in [6.07, 6.45) is 0.171. The van der Waals surface area contributed by atoms with Crippen LogP contribution >= 0.6 is 15.9 Å². The maximum atomic E-state index is 13.0. The fourth-order valence-electron chi connectivity index (χ4n) is 3.61. The van der Waals surface area contributed by atoms with E-state index in [1.165, 1.54) is 13.0 Å². The van der Waals surface area contributed by atoms with E-state index < -0.39 is 22.0 Å². The van der Waals surface area contributed by atoms with Gasteiger partial charge in [0.25, 0.3) is 0 Å². The molecule has 2 atom stereocenters. The number of hydrogen-bond donors (Lipinski definition) is 2. The number of carbonyl (C=O) groups is 2. The number of fused-ring (bicyclic) bond motifs is 1. The van der Waals surface area contributed by atoms with Crippen LogP contribution in [-0.2, 0) is 26.0 Å². The Kier molecular flexibility index (Phi) is 6.11. The Hall–Kier alpha value is -2.23. The molecule has 0 aliphatic carbocycles. The number of hydrogen-bond acceptors (Lipinski definition) is 4. The van der Waals surface area contributed by atoms with E-state index in [1.807, 2.05) is 6.92 Å². The van der Waals surface area contributed by atoms with Crippen LogP contribution in [0.25, 0.3) is 0 Å². The first kappa shape index (κ1) is 21.5. The van der Waals surface area contributed by atoms with Crippen molar-refractivity contribution in [1.82, 2.24) is 4.72 Å². The van der Waals surface area contributed by atoms with Crippen LogP contribution < -0.4 is 9.62 Å². The van der Waals surface area contributed by atoms with Gasteiger partial charge in [0.15, 0.2) is 0 Å². The van der Waals surface area contributed by atoms with Gasteiger partial charge in [-0.05, 0) is 54.8 Å². The third kappa shape index (κ3) is 4.68. The van der Waals surface area contributed by atoms with E-state index >= 15 is 0 Å². The van der Waals surface area contributed by atoms with Crippen molar-refractivity contribution >= 4 is 43.5 Å². The Morgan fingerprint density at radius 3 is 2.48 bits per heavy atom. The Balaban J connectivity index is 1.91. The van der Waals surface area contributed by atoms with Crippen molar-refractivity contribution in [2.45, 2.75) is 43.7 Å². The number of amides is 1. The Labute approximate surface area is 177 Å². The highest BCUT2D eigenvalue weighted by molar-refractivity contribution is 9.10. The lowest BCUT2D eigenvalue weighted by Gasteiger charge is -2.21. The molecule has 2 N–H and O–H groups in total. The summed E-state index contributed by atoms with van der Waals surface area (Å²) >= 11 is 3.31. The van der Waals surface area contributed by atoms with E-state index in [2.05, 4.69) is 20.7 Å². The van der Waals surface area contributed by atoms with Crippen LogP contribution in [0.1, 0.15) is 37.4 Å². The minimum Gasteiger partial charge on any atom is -0.481 e. The fraction of sp³-hybridized carbons (Fsp3) is 0.300. The normalized spacial score (nSPS) is 17.1. The third-order valence-corrected chi connectivity index (χ3v) is 6.86. The van der Waals surface area contributed by atoms with Crippen LogP contribution in [0.4, 0.5) is 5.69 Å². The molecule has 154 valence electrons. The molecule has 0 bridgehead atoms. The van der Waals surface area contributed by atoms with Crippen molar-refractivity contribution in [2.24, 2.45) is 0 Å². The van der Waals surface area contributed by atoms with Crippen LogP contribution in [0.5, 0.6) is 0 Å². The molecule has 0 spiro atoms. The molecule has 0 saturated carbocycles. The Bertz CT molecular complexity index is 1050. The van der Waals surface area contributed by atoms with Gasteiger partial charge in [-0.3, -0.25) is 9.59 Å². The Morgan fingerprint density at radius 1 is 1.24 bits per heavy atom. The average Bonchev–Trinajstić information content (AvgIpc) is 2.96. The third-order valence-electron chi connectivity index (χ3n) is 4.86. The van der Waals surface area contributed by atoms with Gasteiger partial charge in [0, 0.05) is 23.1 Å². The molecule has 0 unspecified atom stereocenters. The van der Waals surface area contributed by atoms with Gasteiger partial charge in [0.2, 0.25) is 15.9 Å². The lowest BCUT2D eigenvalue weighted by molar-refractivity contribution is -0.137. The molecule has 2 aromatic rings. The quantitative estimate of drug-likeness (QED) is 0.660. The molecule has 0 fully saturated rings. The summed E-state index contributed by atoms with van der Waals surface area (Å²) < 4.78 is 29.2. The van der Waals surface area contributed by atoms with Crippen LogP contribution in [0.15, 0.2) is 51.8 Å². The molecule has 1 aliphatic rings. The van der Waals surface area contributed by atoms with Gasteiger partial charge >= 0.3 is 5.97 Å². The molecule has 0 saturated heterocycles. The zero-order chi connectivity index (χ0) is 21.3. The first-order valence-corrected chi connectivity index (χ1v) is 11.3. The second kappa shape index (κ2) is 8.25. The highest BCUT2D eigenvalue weighted by Gasteiger charge is 2.31. The average molecular weight is 481 g/mol. The van der Waals surface area contributed by atoms with E-state index in [0.29, 0.717) is 17.7 Å². The maximum absolute atomic E-state index is 13.0. The maximum Gasteiger partial charge on any atom is 0.305 e. The van der Waals surface area contributed by atoms with Gasteiger partial charge in [-0.25, -0.2) is 13.1 Å². The Morgan fingerprint density at radius 2 is 1.90 bits per heavy atom. The summed E-state index contributed by atoms with van der Waals surface area (Å²) in [4.78, 5) is 24.8. The number of benzene rings is 2. The lowest BCUT2D eigenvalue weighted by atomic mass is 10.1. The predicted octanol–water partition coefficient (Wildman–Crippen LogP) is 3.24. The van der Waals surface area contributed by atoms with Crippen molar-refractivity contribution in [1.29, 1.82) is 0 Å². The number of carboxylic acid groups (broad SMARTS) is 1. The van der Waals surface area contributed by atoms with E-state index in [-0.39, 0.29) is 23.3 Å². The number of carboxylic acids is 1. The summed E-state index contributed by atoms with van der Waals surface area (Å²) in [7, 11) is -3.97. The summed E-state index contributed by atoms with van der Waals surface area (Å²) in [5.41, 5.74) is 2.03. The van der Waals surface area contributed by atoms with Crippen molar-refractivity contribution in [3.63, 3.8) is 0 Å². The highest BCUT2D eigenvalue weighted by atomic mass is 79.9. The summed E-state index contributed by atoms with van der Waals surface area (Å²) in [5, 5.41) is 9.22. The number of nitrogens with zero attached hydrogens (tertiary/aromatic N) is 1. The van der Waals surface area contributed by atoms with E-state index in [9.17, 15) is 23.1 Å². The van der Waals surface area contributed by atoms with Crippen molar-refractivity contribution in [2.75, 3.05) is 4.90 Å². The molecule has 7 nitrogen and oxygen atoms in total. The summed E-state index contributed by atoms with van der Waals surface area (Å²) in [6.45, 7) is 3.39. The number of carbonyl (C=O) groups excluding carboxylic acids is 1. The standard InChI is InChI=1S/C20H21BrN2O5S/c1-12-9-15-10-17(7-8-19(15)23(12)13(2)24)29(27,28)22-18(11-20(25)26)14-3-5-16(21)6-4-14/h3-8,10,12,18,22H,9,11H2,1-2H3,(H,25,26)/t12-,18-/m1/s1. The van der Waals surface area contributed by atoms with Crippen molar-refractivity contribution < 1.29 is 23.1 Å². The van der Waals surface area contributed by atoms with Gasteiger partial charge in [0.1, 0.15) is 0 Å². The molecule has 0 aromatic heterocycles. The summed E-state index contributed by atoms with van der Waals surface area (Å²) in [5.74, 6) is -1.21. The van der Waals surface area contributed by atoms with Gasteiger partial charge < -0.3 is 10.0 Å². The van der Waals surface area contributed by atoms with Crippen LogP contribution in [0, 0.1) is 0 Å². The zero-order valence-electron chi connectivity index (χ0n) is 15.9. The number of anilines is 1. The molecular formula is C20H21BrN2O5S. The molecule has 1 heterocycles. The zero-order valence-corrected chi connectivity index (χ0v) is 18.3. The van der Waals surface area contributed by atoms with Crippen LogP contribution in [-0.4, -0.2) is 31.4 Å². The molecule has 29 heavy (non-hydrogen) atoms. The smallest absolute Gasteiger partial charge is 0.305 e. The second-order valence-corrected chi connectivity index (χ2v) is 9.69. The summed E-state index contributed by atoms with van der Waals surface area (Å²) in [6, 6.07) is 10.5. The minimum absolute atomic E-state index is 0.0429.